The van der Waals surface area contributed by atoms with Crippen molar-refractivity contribution in [2.24, 2.45) is 4.99 Å². The summed E-state index contributed by atoms with van der Waals surface area (Å²) in [4.78, 5) is 4.72. The van der Waals surface area contributed by atoms with Gasteiger partial charge in [0.15, 0.2) is 5.17 Å². The molecule has 0 radical (unpaired) electrons. The lowest BCUT2D eigenvalue weighted by atomic mass is 9.96. The Hall–Kier alpha value is -0.220. The van der Waals surface area contributed by atoms with E-state index in [4.69, 9.17) is 9.73 Å². The van der Waals surface area contributed by atoms with Gasteiger partial charge in [0.25, 0.3) is 0 Å². The zero-order valence-electron chi connectivity index (χ0n) is 11.2. The molecule has 0 aromatic carbocycles. The Bertz CT molecular complexity index is 300. The van der Waals surface area contributed by atoms with Crippen LogP contribution in [-0.4, -0.2) is 35.2 Å². The van der Waals surface area contributed by atoms with Gasteiger partial charge in [0.1, 0.15) is 0 Å². The smallest absolute Gasteiger partial charge is 0.157 e. The minimum atomic E-state index is -0.0185. The quantitative estimate of drug-likeness (QED) is 0.843. The van der Waals surface area contributed by atoms with Crippen LogP contribution >= 0.6 is 11.8 Å². The normalized spacial score (nSPS) is 40.5. The van der Waals surface area contributed by atoms with Crippen molar-refractivity contribution in [1.82, 2.24) is 5.32 Å². The Balaban J connectivity index is 1.93. The molecule has 17 heavy (non-hydrogen) atoms. The second-order valence-electron chi connectivity index (χ2n) is 5.66. The van der Waals surface area contributed by atoms with Crippen molar-refractivity contribution < 1.29 is 4.74 Å². The summed E-state index contributed by atoms with van der Waals surface area (Å²) in [7, 11) is 0. The molecule has 2 rings (SSSR count). The molecule has 2 saturated heterocycles. The highest BCUT2D eigenvalue weighted by Gasteiger charge is 2.31. The molecule has 2 heterocycles. The second kappa shape index (κ2) is 5.19. The summed E-state index contributed by atoms with van der Waals surface area (Å²) >= 11 is 1.85. The van der Waals surface area contributed by atoms with Crippen LogP contribution in [0.25, 0.3) is 0 Å². The topological polar surface area (TPSA) is 33.6 Å². The Morgan fingerprint density at radius 1 is 1.41 bits per heavy atom. The van der Waals surface area contributed by atoms with Gasteiger partial charge in [-0.1, -0.05) is 18.7 Å². The molecule has 4 heteroatoms. The summed E-state index contributed by atoms with van der Waals surface area (Å²) in [5.41, 5.74) is 0.219. The largest absolute Gasteiger partial charge is 0.373 e. The van der Waals surface area contributed by atoms with Crippen molar-refractivity contribution in [3.05, 3.63) is 0 Å². The first-order valence-electron chi connectivity index (χ1n) is 6.65. The van der Waals surface area contributed by atoms with Crippen molar-refractivity contribution in [3.8, 4) is 0 Å². The van der Waals surface area contributed by atoms with Gasteiger partial charge in [-0.2, -0.15) is 0 Å². The molecule has 1 N–H and O–H groups in total. The molecular weight excluding hydrogens is 232 g/mol. The van der Waals surface area contributed by atoms with E-state index in [1.54, 1.807) is 0 Å². The molecule has 2 aliphatic rings. The van der Waals surface area contributed by atoms with E-state index in [9.17, 15) is 0 Å². The summed E-state index contributed by atoms with van der Waals surface area (Å²) in [6.45, 7) is 8.39. The molecule has 0 aromatic rings. The van der Waals surface area contributed by atoms with Crippen LogP contribution in [0, 0.1) is 0 Å². The van der Waals surface area contributed by atoms with Gasteiger partial charge in [0.2, 0.25) is 0 Å². The third kappa shape index (κ3) is 3.38. The Morgan fingerprint density at radius 3 is 2.88 bits per heavy atom. The first-order chi connectivity index (χ1) is 8.05. The van der Waals surface area contributed by atoms with Crippen LogP contribution in [0.2, 0.25) is 0 Å². The van der Waals surface area contributed by atoms with E-state index in [-0.39, 0.29) is 11.1 Å². The highest BCUT2D eigenvalue weighted by molar-refractivity contribution is 8.13. The molecule has 0 aromatic heterocycles. The standard InChI is InChI=1S/C13H24N2OS/c1-4-12(2)7-9-17-11(15-12)14-10-13(3)6-5-8-16-13/h4-10H2,1-3H3,(H,14,15). The second-order valence-corrected chi connectivity index (χ2v) is 6.74. The number of nitrogens with one attached hydrogen (secondary N) is 1. The average Bonchev–Trinajstić information content (AvgIpc) is 2.75. The van der Waals surface area contributed by atoms with E-state index in [1.807, 2.05) is 11.8 Å². The number of amidine groups is 1. The number of hydrogen-bond acceptors (Lipinski definition) is 3. The van der Waals surface area contributed by atoms with E-state index in [0.29, 0.717) is 0 Å². The SMILES string of the molecule is CCC1(C)CCSC(=NCC2(C)CCCO2)N1. The molecule has 2 fully saturated rings. The fourth-order valence-electron chi connectivity index (χ4n) is 2.28. The van der Waals surface area contributed by atoms with Crippen LogP contribution in [0.5, 0.6) is 0 Å². The number of rotatable bonds is 3. The van der Waals surface area contributed by atoms with Gasteiger partial charge in [-0.3, -0.25) is 4.99 Å². The van der Waals surface area contributed by atoms with E-state index in [1.165, 1.54) is 18.6 Å². The molecule has 0 amide bonds. The van der Waals surface area contributed by atoms with Gasteiger partial charge < -0.3 is 10.1 Å². The zero-order chi connectivity index (χ0) is 12.4. The highest BCUT2D eigenvalue weighted by Crippen LogP contribution is 2.28. The summed E-state index contributed by atoms with van der Waals surface area (Å²) in [6.07, 6.45) is 4.69. The zero-order valence-corrected chi connectivity index (χ0v) is 12.0. The lowest BCUT2D eigenvalue weighted by molar-refractivity contribution is 0.0284. The van der Waals surface area contributed by atoms with Crippen LogP contribution in [0.1, 0.15) is 46.5 Å². The average molecular weight is 256 g/mol. The number of ether oxygens (including phenoxy) is 1. The Morgan fingerprint density at radius 2 is 2.24 bits per heavy atom. The summed E-state index contributed by atoms with van der Waals surface area (Å²) in [6, 6.07) is 0. The third-order valence-electron chi connectivity index (χ3n) is 3.94. The van der Waals surface area contributed by atoms with E-state index in [0.717, 1.165) is 31.2 Å². The van der Waals surface area contributed by atoms with Crippen LogP contribution in [0.4, 0.5) is 0 Å². The van der Waals surface area contributed by atoms with Gasteiger partial charge in [-0.05, 0) is 39.5 Å². The third-order valence-corrected chi connectivity index (χ3v) is 4.85. The minimum absolute atomic E-state index is 0.0185. The van der Waals surface area contributed by atoms with Gasteiger partial charge in [0, 0.05) is 17.9 Å². The van der Waals surface area contributed by atoms with Gasteiger partial charge in [0.05, 0.1) is 12.1 Å². The Labute approximate surface area is 109 Å². The lowest BCUT2D eigenvalue weighted by Crippen LogP contribution is -2.48. The summed E-state index contributed by atoms with van der Waals surface area (Å²) in [5, 5.41) is 4.69. The molecule has 2 atom stereocenters. The van der Waals surface area contributed by atoms with Crippen molar-refractivity contribution in [1.29, 1.82) is 0 Å². The molecule has 0 aliphatic carbocycles. The maximum atomic E-state index is 5.77. The molecular formula is C13H24N2OS. The van der Waals surface area contributed by atoms with E-state index < -0.39 is 0 Å². The van der Waals surface area contributed by atoms with Crippen LogP contribution < -0.4 is 5.32 Å². The number of nitrogens with zero attached hydrogens (tertiary/aromatic N) is 1. The minimum Gasteiger partial charge on any atom is -0.373 e. The molecule has 2 unspecified atom stereocenters. The fraction of sp³-hybridized carbons (Fsp3) is 0.923. The molecule has 2 aliphatic heterocycles. The van der Waals surface area contributed by atoms with Gasteiger partial charge >= 0.3 is 0 Å². The molecule has 0 bridgehead atoms. The van der Waals surface area contributed by atoms with Crippen molar-refractivity contribution >= 4 is 16.9 Å². The van der Waals surface area contributed by atoms with E-state index in [2.05, 4.69) is 26.1 Å². The number of hydrogen-bond donors (Lipinski definition) is 1. The maximum absolute atomic E-state index is 5.77. The Kier molecular flexibility index (Phi) is 4.03. The predicted molar refractivity (Wildman–Crippen MR) is 74.8 cm³/mol. The van der Waals surface area contributed by atoms with Gasteiger partial charge in [-0.15, -0.1) is 0 Å². The van der Waals surface area contributed by atoms with Gasteiger partial charge in [-0.25, -0.2) is 0 Å². The predicted octanol–water partition coefficient (Wildman–Crippen LogP) is 2.81. The van der Waals surface area contributed by atoms with Crippen LogP contribution in [0.3, 0.4) is 0 Å². The molecule has 0 saturated carbocycles. The van der Waals surface area contributed by atoms with E-state index >= 15 is 0 Å². The number of aliphatic imine (C=N–C) groups is 1. The van der Waals surface area contributed by atoms with Crippen molar-refractivity contribution in [3.63, 3.8) is 0 Å². The van der Waals surface area contributed by atoms with Crippen LogP contribution in [0.15, 0.2) is 4.99 Å². The van der Waals surface area contributed by atoms with Crippen LogP contribution in [-0.2, 0) is 4.74 Å². The lowest BCUT2D eigenvalue weighted by Gasteiger charge is -2.35. The molecule has 98 valence electrons. The highest BCUT2D eigenvalue weighted by atomic mass is 32.2. The van der Waals surface area contributed by atoms with Crippen molar-refractivity contribution in [2.45, 2.75) is 57.6 Å². The summed E-state index contributed by atoms with van der Waals surface area (Å²) < 4.78 is 5.77. The first-order valence-corrected chi connectivity index (χ1v) is 7.63. The summed E-state index contributed by atoms with van der Waals surface area (Å²) in [5.74, 6) is 1.17. The molecule has 0 spiro atoms. The molecule has 3 nitrogen and oxygen atoms in total. The number of thioether (sulfide) groups is 1. The maximum Gasteiger partial charge on any atom is 0.157 e. The fourth-order valence-corrected chi connectivity index (χ4v) is 3.50. The first kappa shape index (κ1) is 13.2. The monoisotopic (exact) mass is 256 g/mol. The van der Waals surface area contributed by atoms with Crippen molar-refractivity contribution in [2.75, 3.05) is 18.9 Å².